The first-order valence-electron chi connectivity index (χ1n) is 5.72. The molecule has 1 atom stereocenters. The van der Waals surface area contributed by atoms with Crippen molar-refractivity contribution in [2.45, 2.75) is 31.7 Å². The van der Waals surface area contributed by atoms with E-state index < -0.39 is 0 Å². The molecule has 2 rings (SSSR count). The summed E-state index contributed by atoms with van der Waals surface area (Å²) in [6.45, 7) is 1.74. The second kappa shape index (κ2) is 9.55. The molecular weight excluding hydrogens is 293 g/mol. The zero-order valence-electron chi connectivity index (χ0n) is 10.1. The Labute approximate surface area is 124 Å². The molecule has 1 aromatic rings. The minimum absolute atomic E-state index is 0. The van der Waals surface area contributed by atoms with Crippen molar-refractivity contribution < 1.29 is 4.79 Å². The SMILES string of the molecule is Cl.Cl.O=C(CC1CCCN1)NCCc1cscn1. The van der Waals surface area contributed by atoms with Gasteiger partial charge in [0.05, 0.1) is 11.2 Å². The van der Waals surface area contributed by atoms with E-state index >= 15 is 0 Å². The Bertz CT molecular complexity index is 329. The summed E-state index contributed by atoms with van der Waals surface area (Å²) in [6, 6.07) is 0.388. The Morgan fingerprint density at radius 3 is 3.00 bits per heavy atom. The van der Waals surface area contributed by atoms with Gasteiger partial charge in [-0.3, -0.25) is 4.79 Å². The van der Waals surface area contributed by atoms with E-state index in [-0.39, 0.29) is 30.7 Å². The van der Waals surface area contributed by atoms with E-state index in [0.29, 0.717) is 19.0 Å². The second-order valence-corrected chi connectivity index (χ2v) is 4.80. The maximum atomic E-state index is 11.6. The van der Waals surface area contributed by atoms with Gasteiger partial charge in [-0.05, 0) is 19.4 Å². The number of halogens is 2. The number of nitrogens with one attached hydrogen (secondary N) is 2. The van der Waals surface area contributed by atoms with Gasteiger partial charge in [-0.1, -0.05) is 0 Å². The molecule has 1 fully saturated rings. The van der Waals surface area contributed by atoms with Gasteiger partial charge in [0.25, 0.3) is 0 Å². The van der Waals surface area contributed by atoms with Crippen LogP contribution in [0, 0.1) is 0 Å². The molecule has 1 unspecified atom stereocenters. The van der Waals surface area contributed by atoms with Gasteiger partial charge < -0.3 is 10.6 Å². The van der Waals surface area contributed by atoms with Crippen LogP contribution >= 0.6 is 36.2 Å². The molecule has 2 heterocycles. The zero-order valence-corrected chi connectivity index (χ0v) is 12.5. The molecule has 7 heteroatoms. The summed E-state index contributed by atoms with van der Waals surface area (Å²) in [7, 11) is 0. The zero-order chi connectivity index (χ0) is 11.2. The third-order valence-electron chi connectivity index (χ3n) is 2.78. The first-order chi connectivity index (χ1) is 7.84. The smallest absolute Gasteiger partial charge is 0.221 e. The number of hydrogen-bond acceptors (Lipinski definition) is 4. The molecule has 1 aromatic heterocycles. The predicted octanol–water partition coefficient (Wildman–Crippen LogP) is 1.79. The first kappa shape index (κ1) is 17.6. The molecule has 0 spiro atoms. The average Bonchev–Trinajstić information content (AvgIpc) is 2.90. The molecule has 104 valence electrons. The minimum Gasteiger partial charge on any atom is -0.356 e. The first-order valence-corrected chi connectivity index (χ1v) is 6.66. The largest absolute Gasteiger partial charge is 0.356 e. The molecule has 2 N–H and O–H groups in total. The van der Waals surface area contributed by atoms with Gasteiger partial charge in [0.15, 0.2) is 0 Å². The van der Waals surface area contributed by atoms with Crippen molar-refractivity contribution in [2.24, 2.45) is 0 Å². The fraction of sp³-hybridized carbons (Fsp3) is 0.636. The van der Waals surface area contributed by atoms with E-state index in [4.69, 9.17) is 0 Å². The van der Waals surface area contributed by atoms with E-state index in [2.05, 4.69) is 15.6 Å². The number of rotatable bonds is 5. The summed E-state index contributed by atoms with van der Waals surface area (Å²) in [4.78, 5) is 15.7. The van der Waals surface area contributed by atoms with Gasteiger partial charge >= 0.3 is 0 Å². The van der Waals surface area contributed by atoms with Crippen molar-refractivity contribution in [3.63, 3.8) is 0 Å². The van der Waals surface area contributed by atoms with E-state index in [1.54, 1.807) is 11.3 Å². The molecule has 1 saturated heterocycles. The Kier molecular flexibility index (Phi) is 9.36. The van der Waals surface area contributed by atoms with E-state index in [9.17, 15) is 4.79 Å². The van der Waals surface area contributed by atoms with Crippen LogP contribution in [0.1, 0.15) is 25.0 Å². The van der Waals surface area contributed by atoms with Crippen LogP contribution in [0.2, 0.25) is 0 Å². The number of thiazole rings is 1. The lowest BCUT2D eigenvalue weighted by atomic mass is 10.1. The van der Waals surface area contributed by atoms with Crippen LogP contribution in [0.15, 0.2) is 10.9 Å². The Morgan fingerprint density at radius 2 is 2.39 bits per heavy atom. The Balaban J connectivity index is 0.00000144. The monoisotopic (exact) mass is 311 g/mol. The van der Waals surface area contributed by atoms with Crippen LogP contribution in [0.25, 0.3) is 0 Å². The third kappa shape index (κ3) is 6.00. The molecule has 0 bridgehead atoms. The quantitative estimate of drug-likeness (QED) is 0.871. The van der Waals surface area contributed by atoms with Crippen LogP contribution in [0.5, 0.6) is 0 Å². The summed E-state index contributed by atoms with van der Waals surface area (Å²) in [5.41, 5.74) is 2.88. The van der Waals surface area contributed by atoms with Gasteiger partial charge in [-0.25, -0.2) is 4.98 Å². The van der Waals surface area contributed by atoms with Crippen LogP contribution in [-0.4, -0.2) is 30.0 Å². The fourth-order valence-corrected chi connectivity index (χ4v) is 2.51. The number of amides is 1. The normalized spacial score (nSPS) is 17.7. The summed E-state index contributed by atoms with van der Waals surface area (Å²) >= 11 is 1.59. The van der Waals surface area contributed by atoms with Gasteiger partial charge in [-0.15, -0.1) is 36.2 Å². The van der Waals surface area contributed by atoms with Crippen LogP contribution in [0.3, 0.4) is 0 Å². The minimum atomic E-state index is 0. The lowest BCUT2D eigenvalue weighted by Crippen LogP contribution is -2.32. The third-order valence-corrected chi connectivity index (χ3v) is 3.42. The fourth-order valence-electron chi connectivity index (χ4n) is 1.92. The van der Waals surface area contributed by atoms with Crippen molar-refractivity contribution >= 4 is 42.1 Å². The number of hydrogen-bond donors (Lipinski definition) is 2. The van der Waals surface area contributed by atoms with Gasteiger partial charge in [0, 0.05) is 30.8 Å². The summed E-state index contributed by atoms with van der Waals surface area (Å²) < 4.78 is 0. The van der Waals surface area contributed by atoms with Gasteiger partial charge in [0.1, 0.15) is 0 Å². The predicted molar refractivity (Wildman–Crippen MR) is 79.0 cm³/mol. The molecule has 0 aromatic carbocycles. The molecule has 4 nitrogen and oxygen atoms in total. The standard InChI is InChI=1S/C11H17N3OS.2ClH/c15-11(6-9-2-1-4-12-9)13-5-3-10-7-16-8-14-10;;/h7-9,12H,1-6H2,(H,13,15);2*1H. The summed E-state index contributed by atoms with van der Waals surface area (Å²) in [5.74, 6) is 0.148. The average molecular weight is 312 g/mol. The second-order valence-electron chi connectivity index (χ2n) is 4.08. The van der Waals surface area contributed by atoms with Crippen molar-refractivity contribution in [3.05, 3.63) is 16.6 Å². The van der Waals surface area contributed by atoms with E-state index in [1.807, 2.05) is 10.9 Å². The Hall–Kier alpha value is -0.360. The highest BCUT2D eigenvalue weighted by Gasteiger charge is 2.17. The Morgan fingerprint density at radius 1 is 1.56 bits per heavy atom. The number of carbonyl (C=O) groups is 1. The molecule has 1 aliphatic rings. The van der Waals surface area contributed by atoms with E-state index in [0.717, 1.165) is 25.1 Å². The topological polar surface area (TPSA) is 54.0 Å². The van der Waals surface area contributed by atoms with E-state index in [1.165, 1.54) is 6.42 Å². The maximum Gasteiger partial charge on any atom is 0.221 e. The van der Waals surface area contributed by atoms with Crippen molar-refractivity contribution in [1.82, 2.24) is 15.6 Å². The van der Waals surface area contributed by atoms with Crippen LogP contribution in [-0.2, 0) is 11.2 Å². The van der Waals surface area contributed by atoms with Crippen molar-refractivity contribution in [1.29, 1.82) is 0 Å². The highest BCUT2D eigenvalue weighted by Crippen LogP contribution is 2.08. The number of carbonyl (C=O) groups excluding carboxylic acids is 1. The molecule has 1 aliphatic heterocycles. The highest BCUT2D eigenvalue weighted by atomic mass is 35.5. The molecule has 0 saturated carbocycles. The number of nitrogens with zero attached hydrogens (tertiary/aromatic N) is 1. The molecule has 0 aliphatic carbocycles. The van der Waals surface area contributed by atoms with Crippen molar-refractivity contribution in [2.75, 3.05) is 13.1 Å². The van der Waals surface area contributed by atoms with Gasteiger partial charge in [0.2, 0.25) is 5.91 Å². The summed E-state index contributed by atoms with van der Waals surface area (Å²) in [6.07, 6.45) is 3.75. The maximum absolute atomic E-state index is 11.6. The molecular formula is C11H19Cl2N3OS. The molecule has 0 radical (unpaired) electrons. The van der Waals surface area contributed by atoms with Gasteiger partial charge in [-0.2, -0.15) is 0 Å². The summed E-state index contributed by atoms with van der Waals surface area (Å²) in [5, 5.41) is 8.27. The van der Waals surface area contributed by atoms with Crippen LogP contribution < -0.4 is 10.6 Å². The van der Waals surface area contributed by atoms with Crippen LogP contribution in [0.4, 0.5) is 0 Å². The van der Waals surface area contributed by atoms with Crippen molar-refractivity contribution in [3.8, 4) is 0 Å². The lowest BCUT2D eigenvalue weighted by molar-refractivity contribution is -0.121. The molecule has 18 heavy (non-hydrogen) atoms. The molecule has 1 amide bonds. The highest BCUT2D eigenvalue weighted by molar-refractivity contribution is 7.07. The lowest BCUT2D eigenvalue weighted by Gasteiger charge is -2.09. The number of aromatic nitrogens is 1.